The van der Waals surface area contributed by atoms with Crippen LogP contribution in [0.5, 0.6) is 0 Å². The van der Waals surface area contributed by atoms with E-state index in [1.165, 1.54) is 13.8 Å². The van der Waals surface area contributed by atoms with Crippen molar-refractivity contribution in [3.8, 4) is 0 Å². The number of pyridine rings is 1. The lowest BCUT2D eigenvalue weighted by molar-refractivity contribution is -0.125. The standard InChI is InChI=1S/C23H24N6O5S2/c1-14-22(35-23(26-14)27-15(2)30)36(33,34)29-18-6-4-3-5-17(18)28-21(32)19(29)13-20(31)25-12-9-16-7-10-24-11-8-16/h3-8,10-11,19H,9,12-13H2,1-2H3,(H,25,31)(H,28,32)(H,26,27,30)/t19-/m1/s1. The van der Waals surface area contributed by atoms with E-state index in [0.717, 1.165) is 21.2 Å². The summed E-state index contributed by atoms with van der Waals surface area (Å²) in [6.07, 6.45) is 3.49. The Balaban J connectivity index is 1.62. The number of amides is 3. The third-order valence-corrected chi connectivity index (χ3v) is 8.86. The molecule has 0 fully saturated rings. The van der Waals surface area contributed by atoms with E-state index < -0.39 is 33.8 Å². The van der Waals surface area contributed by atoms with E-state index in [9.17, 15) is 22.8 Å². The fraction of sp³-hybridized carbons (Fsp3) is 0.261. The summed E-state index contributed by atoms with van der Waals surface area (Å²) in [6, 6.07) is 8.80. The van der Waals surface area contributed by atoms with Crippen LogP contribution in [-0.4, -0.2) is 48.7 Å². The Bertz CT molecular complexity index is 1410. The van der Waals surface area contributed by atoms with Gasteiger partial charge in [0.2, 0.25) is 17.7 Å². The summed E-state index contributed by atoms with van der Waals surface area (Å²) in [5, 5.41) is 8.06. The van der Waals surface area contributed by atoms with Crippen molar-refractivity contribution in [2.75, 3.05) is 21.5 Å². The molecule has 3 amide bonds. The number of sulfonamides is 1. The summed E-state index contributed by atoms with van der Waals surface area (Å²) in [5.41, 5.74) is 1.70. The number of benzene rings is 1. The molecular formula is C23H24N6O5S2. The van der Waals surface area contributed by atoms with Crippen molar-refractivity contribution in [2.45, 2.75) is 36.9 Å². The molecule has 0 unspecified atom stereocenters. The molecule has 2 aromatic heterocycles. The highest BCUT2D eigenvalue weighted by Gasteiger charge is 2.43. The van der Waals surface area contributed by atoms with Crippen molar-refractivity contribution in [3.05, 3.63) is 60.0 Å². The number of hydrogen-bond donors (Lipinski definition) is 3. The number of aryl methyl sites for hydroxylation is 1. The molecule has 36 heavy (non-hydrogen) atoms. The summed E-state index contributed by atoms with van der Waals surface area (Å²) in [6.45, 7) is 3.11. The van der Waals surface area contributed by atoms with Crippen LogP contribution >= 0.6 is 11.3 Å². The molecule has 0 aliphatic carbocycles. The van der Waals surface area contributed by atoms with Crippen LogP contribution in [0.25, 0.3) is 0 Å². The molecule has 3 aromatic rings. The Hall–Kier alpha value is -3.84. The first-order valence-electron chi connectivity index (χ1n) is 11.0. The quantitative estimate of drug-likeness (QED) is 0.405. The van der Waals surface area contributed by atoms with Crippen LogP contribution in [0.4, 0.5) is 16.5 Å². The first kappa shape index (κ1) is 25.3. The van der Waals surface area contributed by atoms with E-state index >= 15 is 0 Å². The zero-order valence-electron chi connectivity index (χ0n) is 19.5. The molecule has 1 atom stereocenters. The van der Waals surface area contributed by atoms with Gasteiger partial charge >= 0.3 is 0 Å². The molecule has 1 aromatic carbocycles. The van der Waals surface area contributed by atoms with Gasteiger partial charge in [-0.1, -0.05) is 23.5 Å². The maximum absolute atomic E-state index is 13.9. The monoisotopic (exact) mass is 528 g/mol. The molecule has 0 radical (unpaired) electrons. The maximum Gasteiger partial charge on any atom is 0.276 e. The Morgan fingerprint density at radius 3 is 2.61 bits per heavy atom. The Labute approximate surface area is 212 Å². The third kappa shape index (κ3) is 5.36. The highest BCUT2D eigenvalue weighted by Crippen LogP contribution is 2.39. The van der Waals surface area contributed by atoms with Crippen LogP contribution in [-0.2, 0) is 30.8 Å². The number of rotatable bonds is 8. The zero-order chi connectivity index (χ0) is 25.9. The number of fused-ring (bicyclic) bond motifs is 1. The third-order valence-electron chi connectivity index (χ3n) is 5.38. The summed E-state index contributed by atoms with van der Waals surface area (Å²) >= 11 is 0.787. The normalized spacial score (nSPS) is 15.1. The van der Waals surface area contributed by atoms with E-state index in [-0.39, 0.29) is 27.1 Å². The minimum Gasteiger partial charge on any atom is -0.356 e. The number of carbonyl (C=O) groups excluding carboxylic acids is 3. The second-order valence-corrected chi connectivity index (χ2v) is 11.1. The Morgan fingerprint density at radius 2 is 1.89 bits per heavy atom. The number of anilines is 3. The van der Waals surface area contributed by atoms with Gasteiger partial charge in [0.15, 0.2) is 9.34 Å². The van der Waals surface area contributed by atoms with Gasteiger partial charge in [-0.15, -0.1) is 0 Å². The largest absolute Gasteiger partial charge is 0.356 e. The van der Waals surface area contributed by atoms with Crippen molar-refractivity contribution in [1.29, 1.82) is 0 Å². The Morgan fingerprint density at radius 1 is 1.17 bits per heavy atom. The summed E-state index contributed by atoms with van der Waals surface area (Å²) in [4.78, 5) is 45.3. The smallest absolute Gasteiger partial charge is 0.276 e. The second-order valence-electron chi connectivity index (χ2n) is 8.06. The van der Waals surface area contributed by atoms with Gasteiger partial charge in [-0.2, -0.15) is 0 Å². The van der Waals surface area contributed by atoms with Crippen LogP contribution in [0.2, 0.25) is 0 Å². The van der Waals surface area contributed by atoms with Crippen molar-refractivity contribution in [1.82, 2.24) is 15.3 Å². The minimum absolute atomic E-state index is 0.124. The van der Waals surface area contributed by atoms with Crippen LogP contribution in [0.3, 0.4) is 0 Å². The molecule has 1 aliphatic rings. The molecule has 0 bridgehead atoms. The molecule has 13 heteroatoms. The molecule has 3 heterocycles. The molecule has 4 rings (SSSR count). The molecule has 0 spiro atoms. The van der Waals surface area contributed by atoms with Crippen LogP contribution in [0.1, 0.15) is 24.6 Å². The minimum atomic E-state index is -4.32. The number of hydrogen-bond acceptors (Lipinski definition) is 8. The number of nitrogens with one attached hydrogen (secondary N) is 3. The zero-order valence-corrected chi connectivity index (χ0v) is 21.1. The molecule has 11 nitrogen and oxygen atoms in total. The van der Waals surface area contributed by atoms with Gasteiger partial charge in [0.25, 0.3) is 10.0 Å². The van der Waals surface area contributed by atoms with E-state index in [1.807, 2.05) is 12.1 Å². The van der Waals surface area contributed by atoms with Gasteiger partial charge in [-0.05, 0) is 43.2 Å². The van der Waals surface area contributed by atoms with Gasteiger partial charge in [0.05, 0.1) is 23.5 Å². The van der Waals surface area contributed by atoms with Crippen molar-refractivity contribution in [2.24, 2.45) is 0 Å². The topological polar surface area (TPSA) is 150 Å². The van der Waals surface area contributed by atoms with Crippen molar-refractivity contribution < 1.29 is 22.8 Å². The average Bonchev–Trinajstić information content (AvgIpc) is 3.20. The predicted molar refractivity (Wildman–Crippen MR) is 135 cm³/mol. The first-order chi connectivity index (χ1) is 17.2. The lowest BCUT2D eigenvalue weighted by Crippen LogP contribution is -2.52. The van der Waals surface area contributed by atoms with Crippen LogP contribution in [0.15, 0.2) is 53.0 Å². The number of nitrogens with zero attached hydrogens (tertiary/aromatic N) is 3. The number of para-hydroxylation sites is 2. The molecule has 1 aliphatic heterocycles. The summed E-state index contributed by atoms with van der Waals surface area (Å²) in [5.74, 6) is -1.48. The van der Waals surface area contributed by atoms with Crippen LogP contribution in [0, 0.1) is 6.92 Å². The van der Waals surface area contributed by atoms with Crippen molar-refractivity contribution in [3.63, 3.8) is 0 Å². The fourth-order valence-electron chi connectivity index (χ4n) is 3.79. The van der Waals surface area contributed by atoms with Gasteiger partial charge in [0.1, 0.15) is 6.04 Å². The average molecular weight is 529 g/mol. The maximum atomic E-state index is 13.9. The predicted octanol–water partition coefficient (Wildman–Crippen LogP) is 2.07. The first-order valence-corrected chi connectivity index (χ1v) is 13.3. The Kier molecular flexibility index (Phi) is 7.31. The second kappa shape index (κ2) is 10.4. The van der Waals surface area contributed by atoms with Gasteiger partial charge in [0, 0.05) is 25.9 Å². The number of aromatic nitrogens is 2. The van der Waals surface area contributed by atoms with E-state index in [2.05, 4.69) is 25.9 Å². The summed E-state index contributed by atoms with van der Waals surface area (Å²) < 4.78 is 28.6. The molecule has 188 valence electrons. The molecule has 0 saturated heterocycles. The van der Waals surface area contributed by atoms with Gasteiger partial charge in [-0.25, -0.2) is 13.4 Å². The summed E-state index contributed by atoms with van der Waals surface area (Å²) in [7, 11) is -4.32. The fourth-order valence-corrected chi connectivity index (χ4v) is 6.96. The SMILES string of the molecule is CC(=O)Nc1nc(C)c(S(=O)(=O)N2c3ccccc3NC(=O)[C@H]2CC(=O)NCCc2ccncc2)s1. The van der Waals surface area contributed by atoms with Crippen LogP contribution < -0.4 is 20.3 Å². The number of carbonyl (C=O) groups is 3. The van der Waals surface area contributed by atoms with E-state index in [4.69, 9.17) is 0 Å². The van der Waals surface area contributed by atoms with E-state index in [0.29, 0.717) is 18.7 Å². The van der Waals surface area contributed by atoms with Gasteiger partial charge < -0.3 is 16.0 Å². The highest BCUT2D eigenvalue weighted by atomic mass is 32.2. The molecular weight excluding hydrogens is 504 g/mol. The van der Waals surface area contributed by atoms with Crippen molar-refractivity contribution >= 4 is 55.6 Å². The van der Waals surface area contributed by atoms with E-state index in [1.54, 1.807) is 36.7 Å². The lowest BCUT2D eigenvalue weighted by Gasteiger charge is -2.36. The molecule has 0 saturated carbocycles. The van der Waals surface area contributed by atoms with Gasteiger partial charge in [-0.3, -0.25) is 23.7 Å². The molecule has 3 N–H and O–H groups in total. The highest BCUT2D eigenvalue weighted by molar-refractivity contribution is 7.95. The number of thiazole rings is 1. The lowest BCUT2D eigenvalue weighted by atomic mass is 10.1.